The lowest BCUT2D eigenvalue weighted by atomic mass is 9.94. The Morgan fingerprint density at radius 1 is 1.16 bits per heavy atom. The van der Waals surface area contributed by atoms with E-state index < -0.39 is 9.84 Å². The van der Waals surface area contributed by atoms with Gasteiger partial charge in [0.1, 0.15) is 0 Å². The SMILES string of the molecule is CC(C)OC(=O)N1CC=C(C2=CCc3ncc(-c4cccc(S(C)(=O)=O)c4)cc32)CC1. The van der Waals surface area contributed by atoms with Crippen LogP contribution in [0, 0.1) is 0 Å². The molecule has 31 heavy (non-hydrogen) atoms. The van der Waals surface area contributed by atoms with Crippen LogP contribution in [0.25, 0.3) is 16.7 Å². The number of carbonyl (C=O) groups excluding carboxylic acids is 1. The molecule has 1 aliphatic carbocycles. The van der Waals surface area contributed by atoms with Gasteiger partial charge in [0.25, 0.3) is 0 Å². The van der Waals surface area contributed by atoms with Crippen molar-refractivity contribution in [3.8, 4) is 11.1 Å². The monoisotopic (exact) mass is 438 g/mol. The molecule has 4 rings (SSSR count). The minimum atomic E-state index is -3.28. The van der Waals surface area contributed by atoms with Crippen LogP contribution < -0.4 is 0 Å². The number of rotatable bonds is 4. The largest absolute Gasteiger partial charge is 0.447 e. The average molecular weight is 439 g/mol. The number of hydrogen-bond acceptors (Lipinski definition) is 5. The summed E-state index contributed by atoms with van der Waals surface area (Å²) in [6.07, 6.45) is 8.40. The molecule has 1 amide bonds. The first-order valence-electron chi connectivity index (χ1n) is 10.4. The second kappa shape index (κ2) is 8.30. The molecular weight excluding hydrogens is 412 g/mol. The summed E-state index contributed by atoms with van der Waals surface area (Å²) in [4.78, 5) is 18.8. The maximum atomic E-state index is 12.1. The van der Waals surface area contributed by atoms with Crippen molar-refractivity contribution in [2.45, 2.75) is 37.7 Å². The van der Waals surface area contributed by atoms with Crippen LogP contribution in [0.15, 0.2) is 59.1 Å². The molecule has 1 aliphatic heterocycles. The number of aromatic nitrogens is 1. The lowest BCUT2D eigenvalue weighted by Gasteiger charge is -2.27. The molecule has 0 bridgehead atoms. The number of benzene rings is 1. The van der Waals surface area contributed by atoms with Gasteiger partial charge < -0.3 is 9.64 Å². The van der Waals surface area contributed by atoms with E-state index in [1.54, 1.807) is 29.3 Å². The van der Waals surface area contributed by atoms with Crippen molar-refractivity contribution in [3.05, 3.63) is 65.5 Å². The molecule has 2 heterocycles. The van der Waals surface area contributed by atoms with Crippen molar-refractivity contribution >= 4 is 21.5 Å². The summed E-state index contributed by atoms with van der Waals surface area (Å²) in [6.45, 7) is 4.84. The highest BCUT2D eigenvalue weighted by Crippen LogP contribution is 2.37. The van der Waals surface area contributed by atoms with Crippen LogP contribution >= 0.6 is 0 Å². The van der Waals surface area contributed by atoms with E-state index in [1.807, 2.05) is 19.9 Å². The standard InChI is InChI=1S/C24H26N2O4S/c1-16(2)30-24(27)26-11-9-17(10-12-26)21-7-8-23-22(21)14-19(15-25-23)18-5-4-6-20(13-18)31(3,28)29/h4-7,9,13-16H,8,10-12H2,1-3H3. The fraction of sp³-hybridized carbons (Fsp3) is 0.333. The van der Waals surface area contributed by atoms with Crippen LogP contribution in [0.4, 0.5) is 4.79 Å². The fourth-order valence-electron chi connectivity index (χ4n) is 3.92. The number of nitrogens with zero attached hydrogens (tertiary/aromatic N) is 2. The number of carbonyl (C=O) groups is 1. The summed E-state index contributed by atoms with van der Waals surface area (Å²) < 4.78 is 29.1. The number of allylic oxidation sites excluding steroid dienone is 2. The average Bonchev–Trinajstić information content (AvgIpc) is 3.16. The van der Waals surface area contributed by atoms with Crippen molar-refractivity contribution in [2.75, 3.05) is 19.3 Å². The van der Waals surface area contributed by atoms with E-state index in [0.717, 1.165) is 40.8 Å². The lowest BCUT2D eigenvalue weighted by molar-refractivity contribution is 0.0793. The zero-order valence-electron chi connectivity index (χ0n) is 18.0. The van der Waals surface area contributed by atoms with E-state index in [4.69, 9.17) is 4.74 Å². The molecule has 0 radical (unpaired) electrons. The predicted molar refractivity (Wildman–Crippen MR) is 120 cm³/mol. The summed E-state index contributed by atoms with van der Waals surface area (Å²) >= 11 is 0. The van der Waals surface area contributed by atoms with E-state index in [0.29, 0.717) is 18.0 Å². The predicted octanol–water partition coefficient (Wildman–Crippen LogP) is 4.27. The van der Waals surface area contributed by atoms with Gasteiger partial charge >= 0.3 is 6.09 Å². The highest BCUT2D eigenvalue weighted by Gasteiger charge is 2.24. The zero-order chi connectivity index (χ0) is 22.2. The number of hydrogen-bond donors (Lipinski definition) is 0. The lowest BCUT2D eigenvalue weighted by Crippen LogP contribution is -2.36. The molecule has 0 N–H and O–H groups in total. The first-order valence-corrected chi connectivity index (χ1v) is 12.3. The Morgan fingerprint density at radius 3 is 2.65 bits per heavy atom. The summed E-state index contributed by atoms with van der Waals surface area (Å²) in [7, 11) is -3.28. The molecule has 0 unspecified atom stereocenters. The Kier molecular flexibility index (Phi) is 5.71. The van der Waals surface area contributed by atoms with Gasteiger partial charge in [-0.05, 0) is 55.2 Å². The molecule has 162 valence electrons. The molecule has 0 fully saturated rings. The topological polar surface area (TPSA) is 76.6 Å². The van der Waals surface area contributed by atoms with Crippen LogP contribution in [-0.4, -0.2) is 49.8 Å². The Labute approximate surface area is 183 Å². The summed E-state index contributed by atoms with van der Waals surface area (Å²) in [5, 5.41) is 0. The maximum Gasteiger partial charge on any atom is 0.410 e. The van der Waals surface area contributed by atoms with Gasteiger partial charge in [0.2, 0.25) is 0 Å². The quantitative estimate of drug-likeness (QED) is 0.713. The highest BCUT2D eigenvalue weighted by molar-refractivity contribution is 7.90. The summed E-state index contributed by atoms with van der Waals surface area (Å²) in [5.74, 6) is 0. The van der Waals surface area contributed by atoms with Crippen molar-refractivity contribution in [1.29, 1.82) is 0 Å². The van der Waals surface area contributed by atoms with Gasteiger partial charge in [-0.1, -0.05) is 24.3 Å². The Morgan fingerprint density at radius 2 is 1.97 bits per heavy atom. The molecule has 6 nitrogen and oxygen atoms in total. The van der Waals surface area contributed by atoms with Gasteiger partial charge in [-0.2, -0.15) is 0 Å². The van der Waals surface area contributed by atoms with E-state index in [9.17, 15) is 13.2 Å². The van der Waals surface area contributed by atoms with Crippen molar-refractivity contribution in [2.24, 2.45) is 0 Å². The van der Waals surface area contributed by atoms with E-state index in [-0.39, 0.29) is 12.2 Å². The van der Waals surface area contributed by atoms with Crippen LogP contribution in [0.3, 0.4) is 0 Å². The van der Waals surface area contributed by atoms with Gasteiger partial charge in [-0.25, -0.2) is 13.2 Å². The summed E-state index contributed by atoms with van der Waals surface area (Å²) in [6, 6.07) is 9.03. The Hall–Kier alpha value is -2.93. The molecule has 0 saturated heterocycles. The molecular formula is C24H26N2O4S. The normalized spacial score (nSPS) is 16.1. The molecule has 1 aromatic carbocycles. The third kappa shape index (κ3) is 4.56. The number of amides is 1. The van der Waals surface area contributed by atoms with Gasteiger partial charge in [0.15, 0.2) is 9.84 Å². The second-order valence-electron chi connectivity index (χ2n) is 8.20. The Balaban J connectivity index is 1.59. The van der Waals surface area contributed by atoms with Gasteiger partial charge in [-0.3, -0.25) is 4.98 Å². The third-order valence-electron chi connectivity index (χ3n) is 5.51. The minimum absolute atomic E-state index is 0.131. The van der Waals surface area contributed by atoms with E-state index >= 15 is 0 Å². The van der Waals surface area contributed by atoms with Crippen LogP contribution in [0.1, 0.15) is 31.5 Å². The van der Waals surface area contributed by atoms with Crippen LogP contribution in [0.2, 0.25) is 0 Å². The molecule has 2 aromatic rings. The minimum Gasteiger partial charge on any atom is -0.447 e. The molecule has 0 atom stereocenters. The summed E-state index contributed by atoms with van der Waals surface area (Å²) in [5.41, 5.74) is 6.16. The zero-order valence-corrected chi connectivity index (χ0v) is 18.8. The van der Waals surface area contributed by atoms with Gasteiger partial charge in [0, 0.05) is 43.1 Å². The van der Waals surface area contributed by atoms with Gasteiger partial charge in [-0.15, -0.1) is 0 Å². The number of fused-ring (bicyclic) bond motifs is 1. The second-order valence-corrected chi connectivity index (χ2v) is 10.2. The third-order valence-corrected chi connectivity index (χ3v) is 6.62. The fourth-order valence-corrected chi connectivity index (χ4v) is 4.59. The van der Waals surface area contributed by atoms with Crippen LogP contribution in [0.5, 0.6) is 0 Å². The molecule has 0 spiro atoms. The highest BCUT2D eigenvalue weighted by atomic mass is 32.2. The van der Waals surface area contributed by atoms with Crippen molar-refractivity contribution in [1.82, 2.24) is 9.88 Å². The van der Waals surface area contributed by atoms with Crippen molar-refractivity contribution < 1.29 is 17.9 Å². The van der Waals surface area contributed by atoms with Gasteiger partial charge in [0.05, 0.1) is 16.7 Å². The molecule has 0 saturated carbocycles. The smallest absolute Gasteiger partial charge is 0.410 e. The Bertz CT molecular complexity index is 1200. The molecule has 7 heteroatoms. The van der Waals surface area contributed by atoms with Crippen molar-refractivity contribution in [3.63, 3.8) is 0 Å². The van der Waals surface area contributed by atoms with E-state index in [1.165, 1.54) is 11.8 Å². The van der Waals surface area contributed by atoms with Crippen LogP contribution in [-0.2, 0) is 21.0 Å². The maximum absolute atomic E-state index is 12.1. The number of sulfone groups is 1. The number of ether oxygens (including phenoxy) is 1. The first-order chi connectivity index (χ1) is 14.7. The van der Waals surface area contributed by atoms with E-state index in [2.05, 4.69) is 23.2 Å². The number of pyridine rings is 1. The molecule has 2 aliphatic rings. The first kappa shape index (κ1) is 21.3. The molecule has 1 aromatic heterocycles.